The van der Waals surface area contributed by atoms with E-state index in [1.807, 2.05) is 6.07 Å². The number of aliphatic carboxylic acids is 1. The molecule has 1 heterocycles. The van der Waals surface area contributed by atoms with E-state index in [9.17, 15) is 18.3 Å². The van der Waals surface area contributed by atoms with Gasteiger partial charge in [-0.3, -0.25) is 0 Å². The molecule has 0 aliphatic carbocycles. The lowest BCUT2D eigenvalue weighted by molar-refractivity contribution is -0.315. The number of carboxylic acid groups (broad SMARTS) is 1. The van der Waals surface area contributed by atoms with Gasteiger partial charge in [-0.05, 0) is 36.6 Å². The first-order valence-corrected chi connectivity index (χ1v) is 9.71. The molecule has 1 aliphatic heterocycles. The lowest BCUT2D eigenvalue weighted by atomic mass is 9.73. The molecular weight excluding hydrogens is 362 g/mol. The molecule has 2 aromatic carbocycles. The van der Waals surface area contributed by atoms with Crippen molar-refractivity contribution < 1.29 is 18.3 Å². The van der Waals surface area contributed by atoms with Crippen LogP contribution in [0.3, 0.4) is 0 Å². The minimum atomic E-state index is -3.71. The molecule has 0 amide bonds. The normalized spacial score (nSPS) is 18.0. The summed E-state index contributed by atoms with van der Waals surface area (Å²) in [6, 6.07) is 14.9. The van der Waals surface area contributed by atoms with Gasteiger partial charge in [-0.15, -0.1) is 0 Å². The molecule has 3 rings (SSSR count). The summed E-state index contributed by atoms with van der Waals surface area (Å²) in [6.07, 6.45) is 0.332. The Hall–Kier alpha value is -1.89. The summed E-state index contributed by atoms with van der Waals surface area (Å²) >= 11 is 5.89. The molecule has 0 unspecified atom stereocenters. The van der Waals surface area contributed by atoms with Crippen LogP contribution in [0.15, 0.2) is 59.5 Å². The van der Waals surface area contributed by atoms with Gasteiger partial charge in [-0.25, -0.2) is 8.42 Å². The van der Waals surface area contributed by atoms with Crippen molar-refractivity contribution in [3.63, 3.8) is 0 Å². The summed E-state index contributed by atoms with van der Waals surface area (Å²) in [5, 5.41) is 12.2. The fourth-order valence-electron chi connectivity index (χ4n) is 3.25. The number of hydrogen-bond donors (Lipinski definition) is 0. The van der Waals surface area contributed by atoms with E-state index in [4.69, 9.17) is 11.6 Å². The van der Waals surface area contributed by atoms with Crippen molar-refractivity contribution in [3.8, 4) is 0 Å². The topological polar surface area (TPSA) is 77.5 Å². The lowest BCUT2D eigenvalue weighted by Crippen LogP contribution is -2.53. The van der Waals surface area contributed by atoms with Crippen molar-refractivity contribution in [2.45, 2.75) is 23.2 Å². The second kappa shape index (κ2) is 6.78. The van der Waals surface area contributed by atoms with Crippen LogP contribution in [0.25, 0.3) is 0 Å². The zero-order chi connectivity index (χ0) is 18.1. The average molecular weight is 379 g/mol. The molecule has 0 radical (unpaired) electrons. The Balaban J connectivity index is 1.86. The molecule has 1 fully saturated rings. The van der Waals surface area contributed by atoms with Crippen molar-refractivity contribution in [3.05, 3.63) is 65.2 Å². The number of carboxylic acids is 1. The van der Waals surface area contributed by atoms with E-state index in [1.165, 1.54) is 16.4 Å². The second-order valence-electron chi connectivity index (χ2n) is 6.10. The Morgan fingerprint density at radius 1 is 1.04 bits per heavy atom. The number of piperidine rings is 1. The van der Waals surface area contributed by atoms with Gasteiger partial charge in [0.1, 0.15) is 0 Å². The van der Waals surface area contributed by atoms with Gasteiger partial charge in [0.25, 0.3) is 0 Å². The van der Waals surface area contributed by atoms with E-state index in [0.717, 1.165) is 0 Å². The van der Waals surface area contributed by atoms with Crippen LogP contribution >= 0.6 is 11.6 Å². The Kier molecular flexibility index (Phi) is 4.86. The highest BCUT2D eigenvalue weighted by atomic mass is 35.5. The molecule has 7 heteroatoms. The standard InChI is InChI=1S/C18H18ClNO4S/c19-15-7-4-8-16(13-15)25(23,24)20-11-9-18(10-12-20,17(21)22)14-5-2-1-3-6-14/h1-8,13H,9-12H2,(H,21,22)/p-1. The van der Waals surface area contributed by atoms with Crippen LogP contribution in [0.4, 0.5) is 0 Å². The number of benzene rings is 2. The lowest BCUT2D eigenvalue weighted by Gasteiger charge is -2.42. The zero-order valence-corrected chi connectivity index (χ0v) is 15.0. The van der Waals surface area contributed by atoms with Crippen LogP contribution in [0.5, 0.6) is 0 Å². The molecule has 0 spiro atoms. The van der Waals surface area contributed by atoms with Gasteiger partial charge in [0, 0.05) is 23.5 Å². The molecule has 0 aromatic heterocycles. The number of carbonyl (C=O) groups excluding carboxylic acids is 1. The van der Waals surface area contributed by atoms with Crippen molar-refractivity contribution in [1.82, 2.24) is 4.31 Å². The first-order chi connectivity index (χ1) is 11.9. The summed E-state index contributed by atoms with van der Waals surface area (Å²) in [7, 11) is -3.71. The first-order valence-electron chi connectivity index (χ1n) is 7.89. The fraction of sp³-hybridized carbons (Fsp3) is 0.278. The van der Waals surface area contributed by atoms with Gasteiger partial charge >= 0.3 is 0 Å². The third-order valence-corrected chi connectivity index (χ3v) is 6.86. The monoisotopic (exact) mass is 378 g/mol. The van der Waals surface area contributed by atoms with E-state index in [-0.39, 0.29) is 30.8 Å². The predicted octanol–water partition coefficient (Wildman–Crippen LogP) is 1.81. The van der Waals surface area contributed by atoms with E-state index in [2.05, 4.69) is 0 Å². The summed E-state index contributed by atoms with van der Waals surface area (Å²) in [5.74, 6) is -1.17. The second-order valence-corrected chi connectivity index (χ2v) is 8.47. The SMILES string of the molecule is O=C([O-])C1(c2ccccc2)CCN(S(=O)(=O)c2cccc(Cl)c2)CC1. The average Bonchev–Trinajstić information content (AvgIpc) is 2.62. The van der Waals surface area contributed by atoms with Gasteiger partial charge in [0.05, 0.1) is 10.9 Å². The number of carbonyl (C=O) groups is 1. The van der Waals surface area contributed by atoms with Crippen LogP contribution in [0, 0.1) is 0 Å². The van der Waals surface area contributed by atoms with Crippen LogP contribution in [0.1, 0.15) is 18.4 Å². The minimum absolute atomic E-state index is 0.109. The molecule has 5 nitrogen and oxygen atoms in total. The maximum Gasteiger partial charge on any atom is 0.243 e. The highest BCUT2D eigenvalue weighted by Crippen LogP contribution is 2.36. The Bertz CT molecular complexity index is 875. The molecule has 1 aliphatic rings. The Morgan fingerprint density at radius 3 is 2.24 bits per heavy atom. The zero-order valence-electron chi connectivity index (χ0n) is 13.4. The summed E-state index contributed by atoms with van der Waals surface area (Å²) in [4.78, 5) is 12.0. The van der Waals surface area contributed by atoms with Gasteiger partial charge < -0.3 is 9.90 Å². The number of sulfonamides is 1. The molecule has 132 valence electrons. The molecule has 0 N–H and O–H groups in total. The molecule has 0 saturated carbocycles. The van der Waals surface area contributed by atoms with Crippen molar-refractivity contribution >= 4 is 27.6 Å². The summed E-state index contributed by atoms with van der Waals surface area (Å²) in [5.41, 5.74) is -0.517. The predicted molar refractivity (Wildman–Crippen MR) is 92.6 cm³/mol. The molecule has 25 heavy (non-hydrogen) atoms. The van der Waals surface area contributed by atoms with E-state index in [1.54, 1.807) is 36.4 Å². The van der Waals surface area contributed by atoms with Gasteiger partial charge in [-0.1, -0.05) is 48.0 Å². The number of rotatable bonds is 4. The van der Waals surface area contributed by atoms with Crippen LogP contribution in [0.2, 0.25) is 5.02 Å². The van der Waals surface area contributed by atoms with Gasteiger partial charge in [-0.2, -0.15) is 4.31 Å². The molecule has 0 atom stereocenters. The smallest absolute Gasteiger partial charge is 0.243 e. The third kappa shape index (κ3) is 3.29. The largest absolute Gasteiger partial charge is 0.549 e. The van der Waals surface area contributed by atoms with Crippen LogP contribution < -0.4 is 5.11 Å². The highest BCUT2D eigenvalue weighted by Gasteiger charge is 2.40. The third-order valence-electron chi connectivity index (χ3n) is 4.73. The highest BCUT2D eigenvalue weighted by molar-refractivity contribution is 7.89. The molecular formula is C18H17ClNO4S-. The van der Waals surface area contributed by atoms with Gasteiger partial charge in [0.2, 0.25) is 10.0 Å². The Labute approximate surface area is 151 Å². The maximum absolute atomic E-state index is 12.8. The molecule has 2 aromatic rings. The molecule has 1 saturated heterocycles. The van der Waals surface area contributed by atoms with Crippen LogP contribution in [-0.4, -0.2) is 31.8 Å². The van der Waals surface area contributed by atoms with E-state index in [0.29, 0.717) is 10.6 Å². The quantitative estimate of drug-likeness (QED) is 0.813. The summed E-state index contributed by atoms with van der Waals surface area (Å²) < 4.78 is 26.8. The number of halogens is 1. The first kappa shape index (κ1) is 17.9. The Morgan fingerprint density at radius 2 is 1.68 bits per heavy atom. The van der Waals surface area contributed by atoms with Crippen molar-refractivity contribution in [2.75, 3.05) is 13.1 Å². The van der Waals surface area contributed by atoms with Crippen molar-refractivity contribution in [1.29, 1.82) is 0 Å². The minimum Gasteiger partial charge on any atom is -0.549 e. The van der Waals surface area contributed by atoms with Crippen LogP contribution in [-0.2, 0) is 20.2 Å². The maximum atomic E-state index is 12.8. The fourth-order valence-corrected chi connectivity index (χ4v) is 5.00. The number of hydrogen-bond acceptors (Lipinski definition) is 4. The van der Waals surface area contributed by atoms with Gasteiger partial charge in [0.15, 0.2) is 0 Å². The number of nitrogens with zero attached hydrogens (tertiary/aromatic N) is 1. The van der Waals surface area contributed by atoms with E-state index < -0.39 is 21.4 Å². The van der Waals surface area contributed by atoms with E-state index >= 15 is 0 Å². The van der Waals surface area contributed by atoms with Crippen molar-refractivity contribution in [2.24, 2.45) is 0 Å². The summed E-state index contributed by atoms with van der Waals surface area (Å²) in [6.45, 7) is 0.218. The molecule has 0 bridgehead atoms.